The van der Waals surface area contributed by atoms with Crippen LogP contribution in [-0.2, 0) is 9.59 Å². The zero-order chi connectivity index (χ0) is 19.3. The van der Waals surface area contributed by atoms with E-state index in [1.54, 1.807) is 18.2 Å². The third kappa shape index (κ3) is 5.08. The normalized spacial score (nSPS) is 19.2. The van der Waals surface area contributed by atoms with Crippen molar-refractivity contribution in [3.05, 3.63) is 40.9 Å². The molecule has 1 aromatic rings. The van der Waals surface area contributed by atoms with Crippen molar-refractivity contribution in [2.75, 3.05) is 11.9 Å². The molecule has 1 aliphatic rings. The first kappa shape index (κ1) is 20.0. The van der Waals surface area contributed by atoms with Gasteiger partial charge in [0.2, 0.25) is 5.91 Å². The van der Waals surface area contributed by atoms with Gasteiger partial charge in [0.05, 0.1) is 22.4 Å². The topological polar surface area (TPSA) is 95.5 Å². The van der Waals surface area contributed by atoms with Crippen LogP contribution >= 0.6 is 11.6 Å². The van der Waals surface area contributed by atoms with Gasteiger partial charge in [-0.3, -0.25) is 14.4 Å². The number of carboxylic acids is 1. The monoisotopic (exact) mass is 378 g/mol. The quantitative estimate of drug-likeness (QED) is 0.661. The molecule has 0 aromatic heterocycles. The number of anilines is 1. The summed E-state index contributed by atoms with van der Waals surface area (Å²) >= 11 is 6.17. The van der Waals surface area contributed by atoms with Crippen molar-refractivity contribution < 1.29 is 19.5 Å². The number of nitrogens with one attached hydrogen (secondary N) is 2. The zero-order valence-corrected chi connectivity index (χ0v) is 15.5. The number of benzene rings is 1. The van der Waals surface area contributed by atoms with Crippen molar-refractivity contribution in [1.29, 1.82) is 0 Å². The lowest BCUT2D eigenvalue weighted by Crippen LogP contribution is -2.34. The Morgan fingerprint density at radius 1 is 1.19 bits per heavy atom. The Bertz CT molecular complexity index is 730. The summed E-state index contributed by atoms with van der Waals surface area (Å²) in [5, 5.41) is 15.0. The Balaban J connectivity index is 2.07. The number of hydrogen-bond donors (Lipinski definition) is 3. The van der Waals surface area contributed by atoms with Gasteiger partial charge in [-0.2, -0.15) is 0 Å². The van der Waals surface area contributed by atoms with Crippen molar-refractivity contribution in [2.24, 2.45) is 17.8 Å². The van der Waals surface area contributed by atoms with Crippen LogP contribution in [0, 0.1) is 17.8 Å². The van der Waals surface area contributed by atoms with E-state index >= 15 is 0 Å². The number of rotatable bonds is 6. The number of carbonyl (C=O) groups is 3. The summed E-state index contributed by atoms with van der Waals surface area (Å²) in [5.74, 6) is -2.67. The lowest BCUT2D eigenvalue weighted by molar-refractivity contribution is -0.146. The van der Waals surface area contributed by atoms with Gasteiger partial charge in [-0.1, -0.05) is 37.6 Å². The lowest BCUT2D eigenvalue weighted by Gasteiger charge is -2.24. The summed E-state index contributed by atoms with van der Waals surface area (Å²) in [7, 11) is 0. The fourth-order valence-corrected chi connectivity index (χ4v) is 3.05. The third-order valence-corrected chi connectivity index (χ3v) is 4.55. The van der Waals surface area contributed by atoms with Gasteiger partial charge in [0, 0.05) is 12.2 Å². The van der Waals surface area contributed by atoms with Crippen molar-refractivity contribution in [3.63, 3.8) is 0 Å². The second kappa shape index (κ2) is 8.85. The third-order valence-electron chi connectivity index (χ3n) is 4.24. The van der Waals surface area contributed by atoms with Gasteiger partial charge < -0.3 is 15.7 Å². The Labute approximate surface area is 157 Å². The maximum atomic E-state index is 12.5. The highest BCUT2D eigenvalue weighted by atomic mass is 35.5. The molecule has 0 saturated carbocycles. The van der Waals surface area contributed by atoms with Gasteiger partial charge in [-0.05, 0) is 37.0 Å². The predicted molar refractivity (Wildman–Crippen MR) is 100 cm³/mol. The number of halogens is 1. The van der Waals surface area contributed by atoms with Gasteiger partial charge in [0.15, 0.2) is 0 Å². The number of amides is 2. The molecule has 1 aliphatic carbocycles. The van der Waals surface area contributed by atoms with Crippen LogP contribution in [0.15, 0.2) is 30.4 Å². The molecule has 0 spiro atoms. The predicted octanol–water partition coefficient (Wildman–Crippen LogP) is 3.33. The number of allylic oxidation sites excluding steroid dienone is 2. The van der Waals surface area contributed by atoms with Gasteiger partial charge in [0.25, 0.3) is 5.91 Å². The number of carboxylic acid groups (broad SMARTS) is 1. The summed E-state index contributed by atoms with van der Waals surface area (Å²) in [4.78, 5) is 35.9. The lowest BCUT2D eigenvalue weighted by atomic mass is 9.82. The molecule has 0 bridgehead atoms. The van der Waals surface area contributed by atoms with Gasteiger partial charge in [0.1, 0.15) is 0 Å². The average molecular weight is 379 g/mol. The summed E-state index contributed by atoms with van der Waals surface area (Å²) in [5.41, 5.74) is 0.758. The summed E-state index contributed by atoms with van der Waals surface area (Å²) in [6, 6.07) is 4.63. The Morgan fingerprint density at radius 2 is 1.85 bits per heavy atom. The molecule has 2 atom stereocenters. The van der Waals surface area contributed by atoms with Crippen LogP contribution in [0.25, 0.3) is 0 Å². The fourth-order valence-electron chi connectivity index (χ4n) is 2.78. The van der Waals surface area contributed by atoms with E-state index in [1.165, 1.54) is 6.07 Å². The minimum absolute atomic E-state index is 0.224. The number of carbonyl (C=O) groups excluding carboxylic acids is 2. The molecule has 6 nitrogen and oxygen atoms in total. The summed E-state index contributed by atoms with van der Waals surface area (Å²) in [6.07, 6.45) is 4.32. The van der Waals surface area contributed by atoms with Crippen LogP contribution in [-0.4, -0.2) is 29.4 Å². The highest BCUT2D eigenvalue weighted by Crippen LogP contribution is 2.28. The first-order chi connectivity index (χ1) is 12.3. The molecule has 26 heavy (non-hydrogen) atoms. The standard InChI is InChI=1S/C19H23ClN2O4/c1-11(2)10-21-17(23)15-8-7-12(9-16(15)20)22-18(24)13-5-3-4-6-14(13)19(25)26/h3-4,7-9,11,13-14H,5-6,10H2,1-2H3,(H,21,23)(H,22,24)(H,25,26)/t13-,14-/m0/s1. The maximum absolute atomic E-state index is 12.5. The molecule has 0 radical (unpaired) electrons. The van der Waals surface area contributed by atoms with Crippen LogP contribution in [0.5, 0.6) is 0 Å². The van der Waals surface area contributed by atoms with Crippen molar-refractivity contribution in [1.82, 2.24) is 5.32 Å². The van der Waals surface area contributed by atoms with Crippen molar-refractivity contribution >= 4 is 35.1 Å². The highest BCUT2D eigenvalue weighted by Gasteiger charge is 2.34. The first-order valence-corrected chi connectivity index (χ1v) is 8.93. The SMILES string of the molecule is CC(C)CNC(=O)c1ccc(NC(=O)[C@H]2CC=CC[C@@H]2C(=O)O)cc1Cl. The largest absolute Gasteiger partial charge is 0.481 e. The molecular formula is C19H23ClN2O4. The fraction of sp³-hybridized carbons (Fsp3) is 0.421. The highest BCUT2D eigenvalue weighted by molar-refractivity contribution is 6.34. The molecule has 1 aromatic carbocycles. The van der Waals surface area contributed by atoms with Gasteiger partial charge in [-0.25, -0.2) is 0 Å². The Hall–Kier alpha value is -2.34. The van der Waals surface area contributed by atoms with E-state index in [0.717, 1.165) is 0 Å². The molecule has 0 fully saturated rings. The molecular weight excluding hydrogens is 356 g/mol. The second-order valence-electron chi connectivity index (χ2n) is 6.78. The van der Waals surface area contributed by atoms with E-state index in [-0.39, 0.29) is 16.8 Å². The molecule has 0 unspecified atom stereocenters. The Kier molecular flexibility index (Phi) is 6.80. The minimum atomic E-state index is -0.982. The van der Waals surface area contributed by atoms with E-state index in [4.69, 9.17) is 11.6 Å². The minimum Gasteiger partial charge on any atom is -0.481 e. The zero-order valence-electron chi connectivity index (χ0n) is 14.8. The van der Waals surface area contributed by atoms with Crippen molar-refractivity contribution in [3.8, 4) is 0 Å². The van der Waals surface area contributed by atoms with Crippen LogP contribution in [0.3, 0.4) is 0 Å². The van der Waals surface area contributed by atoms with E-state index < -0.39 is 17.8 Å². The van der Waals surface area contributed by atoms with Gasteiger partial charge in [-0.15, -0.1) is 0 Å². The smallest absolute Gasteiger partial charge is 0.307 e. The second-order valence-corrected chi connectivity index (χ2v) is 7.19. The van der Waals surface area contributed by atoms with Crippen LogP contribution < -0.4 is 10.6 Å². The van der Waals surface area contributed by atoms with E-state index in [9.17, 15) is 19.5 Å². The number of aliphatic carboxylic acids is 1. The van der Waals surface area contributed by atoms with E-state index in [2.05, 4.69) is 10.6 Å². The maximum Gasteiger partial charge on any atom is 0.307 e. The van der Waals surface area contributed by atoms with Crippen LogP contribution in [0.4, 0.5) is 5.69 Å². The molecule has 7 heteroatoms. The first-order valence-electron chi connectivity index (χ1n) is 8.56. The molecule has 3 N–H and O–H groups in total. The van der Waals surface area contributed by atoms with Gasteiger partial charge >= 0.3 is 5.97 Å². The molecule has 2 rings (SSSR count). The van der Waals surface area contributed by atoms with Crippen LogP contribution in [0.1, 0.15) is 37.0 Å². The molecule has 0 heterocycles. The molecule has 2 amide bonds. The van der Waals surface area contributed by atoms with Crippen molar-refractivity contribution in [2.45, 2.75) is 26.7 Å². The average Bonchev–Trinajstić information content (AvgIpc) is 2.59. The molecule has 0 saturated heterocycles. The van der Waals surface area contributed by atoms with E-state index in [1.807, 2.05) is 19.9 Å². The Morgan fingerprint density at radius 3 is 2.42 bits per heavy atom. The molecule has 140 valence electrons. The van der Waals surface area contributed by atoms with Crippen LogP contribution in [0.2, 0.25) is 5.02 Å². The summed E-state index contributed by atoms with van der Waals surface area (Å²) < 4.78 is 0. The number of hydrogen-bond acceptors (Lipinski definition) is 3. The molecule has 0 aliphatic heterocycles. The summed E-state index contributed by atoms with van der Waals surface area (Å²) in [6.45, 7) is 4.52. The van der Waals surface area contributed by atoms with E-state index in [0.29, 0.717) is 36.6 Å².